The molecule has 2 amide bonds. The van der Waals surface area contributed by atoms with Gasteiger partial charge in [-0.15, -0.1) is 0 Å². The first kappa shape index (κ1) is 12.5. The third-order valence-corrected chi connectivity index (χ3v) is 3.10. The van der Waals surface area contributed by atoms with Crippen LogP contribution in [-0.2, 0) is 9.59 Å². The lowest BCUT2D eigenvalue weighted by molar-refractivity contribution is -0.140. The Morgan fingerprint density at radius 3 is 2.22 bits per heavy atom. The molecule has 1 aliphatic carbocycles. The number of carbonyl (C=O) groups is 2. The predicted octanol–water partition coefficient (Wildman–Crippen LogP) is 1.63. The molecule has 18 heavy (non-hydrogen) atoms. The molecule has 1 N–H and O–H groups in total. The molecule has 0 aliphatic heterocycles. The summed E-state index contributed by atoms with van der Waals surface area (Å²) in [5.41, 5.74) is -0.419. The van der Waals surface area contributed by atoms with Crippen LogP contribution in [0.1, 0.15) is 12.8 Å². The molecular weight excluding hydrogens is 235 g/mol. The van der Waals surface area contributed by atoms with E-state index in [2.05, 4.69) is 5.32 Å². The molecule has 0 bridgehead atoms. The minimum atomic E-state index is -0.919. The van der Waals surface area contributed by atoms with Gasteiger partial charge in [0.1, 0.15) is 11.2 Å². The summed E-state index contributed by atoms with van der Waals surface area (Å²) in [5.74, 6) is -0.853. The van der Waals surface area contributed by atoms with Crippen molar-refractivity contribution in [3.63, 3.8) is 0 Å². The molecule has 0 aromatic heterocycles. The van der Waals surface area contributed by atoms with Gasteiger partial charge in [0, 0.05) is 19.8 Å². The number of hydrogen-bond donors (Lipinski definition) is 1. The van der Waals surface area contributed by atoms with Crippen LogP contribution in [0.3, 0.4) is 0 Å². The van der Waals surface area contributed by atoms with E-state index in [4.69, 9.17) is 0 Å². The van der Waals surface area contributed by atoms with E-state index in [-0.39, 0.29) is 17.6 Å². The lowest BCUT2D eigenvalue weighted by Gasteiger charge is -2.19. The number of carbonyl (C=O) groups excluding carboxylic acids is 2. The average Bonchev–Trinajstić information content (AvgIpc) is 3.12. The highest BCUT2D eigenvalue weighted by Crippen LogP contribution is 2.47. The molecule has 2 rings (SSSR count). The zero-order valence-corrected chi connectivity index (χ0v) is 10.4. The number of anilines is 1. The Labute approximate surface area is 105 Å². The van der Waals surface area contributed by atoms with Crippen LogP contribution < -0.4 is 5.32 Å². The highest BCUT2D eigenvalue weighted by molar-refractivity contribution is 6.12. The fraction of sp³-hybridized carbons (Fsp3) is 0.385. The molecule has 1 aliphatic rings. The van der Waals surface area contributed by atoms with Crippen molar-refractivity contribution in [2.24, 2.45) is 5.41 Å². The van der Waals surface area contributed by atoms with Crippen LogP contribution in [-0.4, -0.2) is 30.8 Å². The Balaban J connectivity index is 2.09. The summed E-state index contributed by atoms with van der Waals surface area (Å²) >= 11 is 0. The monoisotopic (exact) mass is 250 g/mol. The topological polar surface area (TPSA) is 49.4 Å². The summed E-state index contributed by atoms with van der Waals surface area (Å²) in [6, 6.07) is 5.48. The van der Waals surface area contributed by atoms with Crippen molar-refractivity contribution in [2.75, 3.05) is 19.4 Å². The average molecular weight is 250 g/mol. The van der Waals surface area contributed by atoms with Crippen molar-refractivity contribution < 1.29 is 14.0 Å². The van der Waals surface area contributed by atoms with E-state index in [1.807, 2.05) is 0 Å². The van der Waals surface area contributed by atoms with E-state index in [1.165, 1.54) is 29.2 Å². The maximum atomic E-state index is 12.7. The molecular formula is C13H15FN2O2. The maximum Gasteiger partial charge on any atom is 0.240 e. The van der Waals surface area contributed by atoms with Crippen molar-refractivity contribution in [3.8, 4) is 0 Å². The highest BCUT2D eigenvalue weighted by atomic mass is 19.1. The van der Waals surface area contributed by atoms with Crippen LogP contribution in [0.15, 0.2) is 24.3 Å². The third kappa shape index (κ3) is 2.20. The maximum absolute atomic E-state index is 12.7. The highest BCUT2D eigenvalue weighted by Gasteiger charge is 2.57. The Hall–Kier alpha value is -1.91. The summed E-state index contributed by atoms with van der Waals surface area (Å²) in [7, 11) is 3.27. The fourth-order valence-electron chi connectivity index (χ4n) is 1.88. The van der Waals surface area contributed by atoms with Gasteiger partial charge < -0.3 is 10.2 Å². The first-order valence-corrected chi connectivity index (χ1v) is 5.74. The smallest absolute Gasteiger partial charge is 0.240 e. The normalized spacial score (nSPS) is 15.9. The largest absolute Gasteiger partial charge is 0.348 e. The Morgan fingerprint density at radius 1 is 1.22 bits per heavy atom. The SMILES string of the molecule is CN(C)C(=O)C1(C(=O)Nc2ccc(F)cc2)CC1. The summed E-state index contributed by atoms with van der Waals surface area (Å²) in [6.45, 7) is 0. The zero-order chi connectivity index (χ0) is 13.3. The number of rotatable bonds is 3. The minimum absolute atomic E-state index is 0.179. The van der Waals surface area contributed by atoms with Gasteiger partial charge in [0.15, 0.2) is 0 Å². The summed E-state index contributed by atoms with van der Waals surface area (Å²) in [6.07, 6.45) is 1.13. The van der Waals surface area contributed by atoms with Crippen LogP contribution in [0, 0.1) is 11.2 Å². The number of benzene rings is 1. The number of hydrogen-bond acceptors (Lipinski definition) is 2. The molecule has 1 fully saturated rings. The van der Waals surface area contributed by atoms with E-state index in [0.717, 1.165) is 0 Å². The second kappa shape index (κ2) is 4.40. The van der Waals surface area contributed by atoms with Gasteiger partial charge in [0.25, 0.3) is 0 Å². The molecule has 5 heteroatoms. The summed E-state index contributed by atoms with van der Waals surface area (Å²) in [4.78, 5) is 25.4. The minimum Gasteiger partial charge on any atom is -0.348 e. The van der Waals surface area contributed by atoms with E-state index >= 15 is 0 Å². The molecule has 96 valence electrons. The molecule has 1 aromatic rings. The van der Waals surface area contributed by atoms with Crippen LogP contribution in [0.2, 0.25) is 0 Å². The van der Waals surface area contributed by atoms with Gasteiger partial charge in [0.2, 0.25) is 11.8 Å². The van der Waals surface area contributed by atoms with Gasteiger partial charge in [-0.25, -0.2) is 4.39 Å². The van der Waals surface area contributed by atoms with Crippen LogP contribution in [0.5, 0.6) is 0 Å². The third-order valence-electron chi connectivity index (χ3n) is 3.10. The van der Waals surface area contributed by atoms with Crippen molar-refractivity contribution in [3.05, 3.63) is 30.1 Å². The van der Waals surface area contributed by atoms with Crippen molar-refractivity contribution >= 4 is 17.5 Å². The fourth-order valence-corrected chi connectivity index (χ4v) is 1.88. The van der Waals surface area contributed by atoms with Crippen LogP contribution in [0.25, 0.3) is 0 Å². The first-order chi connectivity index (χ1) is 8.45. The summed E-state index contributed by atoms with van der Waals surface area (Å²) in [5, 5.41) is 2.65. The van der Waals surface area contributed by atoms with Gasteiger partial charge in [-0.1, -0.05) is 0 Å². The number of nitrogens with zero attached hydrogens (tertiary/aromatic N) is 1. The molecule has 0 atom stereocenters. The van der Waals surface area contributed by atoms with Gasteiger partial charge in [-0.2, -0.15) is 0 Å². The van der Waals surface area contributed by atoms with Crippen LogP contribution >= 0.6 is 0 Å². The number of nitrogens with one attached hydrogen (secondary N) is 1. The second-order valence-corrected chi connectivity index (χ2v) is 4.74. The van der Waals surface area contributed by atoms with E-state index in [9.17, 15) is 14.0 Å². The van der Waals surface area contributed by atoms with Gasteiger partial charge in [0.05, 0.1) is 0 Å². The number of halogens is 1. The Bertz CT molecular complexity index is 478. The molecule has 0 saturated heterocycles. The molecule has 1 aromatic carbocycles. The van der Waals surface area contributed by atoms with Crippen molar-refractivity contribution in [1.82, 2.24) is 4.90 Å². The predicted molar refractivity (Wildman–Crippen MR) is 65.4 cm³/mol. The first-order valence-electron chi connectivity index (χ1n) is 5.74. The number of amides is 2. The van der Waals surface area contributed by atoms with Gasteiger partial charge in [-0.3, -0.25) is 9.59 Å². The van der Waals surface area contributed by atoms with Gasteiger partial charge >= 0.3 is 0 Å². The quantitative estimate of drug-likeness (QED) is 0.829. The lowest BCUT2D eigenvalue weighted by atomic mass is 10.0. The molecule has 0 heterocycles. The Morgan fingerprint density at radius 2 is 1.78 bits per heavy atom. The zero-order valence-electron chi connectivity index (χ0n) is 10.4. The standard InChI is InChI=1S/C13H15FN2O2/c1-16(2)12(18)13(7-8-13)11(17)15-10-5-3-9(14)4-6-10/h3-6H,7-8H2,1-2H3,(H,15,17). The summed E-state index contributed by atoms with van der Waals surface area (Å²) < 4.78 is 12.7. The second-order valence-electron chi connectivity index (χ2n) is 4.74. The van der Waals surface area contributed by atoms with E-state index in [1.54, 1.807) is 14.1 Å². The Kier molecular flexibility index (Phi) is 3.07. The lowest BCUT2D eigenvalue weighted by Crippen LogP contribution is -2.39. The van der Waals surface area contributed by atoms with Crippen molar-refractivity contribution in [2.45, 2.75) is 12.8 Å². The van der Waals surface area contributed by atoms with Crippen molar-refractivity contribution in [1.29, 1.82) is 0 Å². The van der Waals surface area contributed by atoms with Crippen LogP contribution in [0.4, 0.5) is 10.1 Å². The molecule has 0 spiro atoms. The molecule has 1 saturated carbocycles. The van der Waals surface area contributed by atoms with E-state index in [0.29, 0.717) is 18.5 Å². The molecule has 0 unspecified atom stereocenters. The molecule has 4 nitrogen and oxygen atoms in total. The molecule has 0 radical (unpaired) electrons. The van der Waals surface area contributed by atoms with E-state index < -0.39 is 5.41 Å². The van der Waals surface area contributed by atoms with Gasteiger partial charge in [-0.05, 0) is 37.1 Å².